The van der Waals surface area contributed by atoms with Gasteiger partial charge in [-0.15, -0.1) is 0 Å². The number of anilines is 1. The quantitative estimate of drug-likeness (QED) is 0.513. The first-order valence-corrected chi connectivity index (χ1v) is 6.14. The van der Waals surface area contributed by atoms with Gasteiger partial charge in [0.15, 0.2) is 5.78 Å². The third-order valence-corrected chi connectivity index (χ3v) is 2.91. The normalized spacial score (nSPS) is 10.1. The van der Waals surface area contributed by atoms with E-state index in [1.54, 1.807) is 24.3 Å². The lowest BCUT2D eigenvalue weighted by atomic mass is 10.1. The van der Waals surface area contributed by atoms with Gasteiger partial charge in [-0.2, -0.15) is 0 Å². The molecule has 0 atom stereocenters. The molecule has 0 heterocycles. The number of hydrogen-bond donors (Lipinski definition) is 1. The number of benzene rings is 2. The lowest BCUT2D eigenvalue weighted by Crippen LogP contribution is -2.01. The molecule has 5 nitrogen and oxygen atoms in total. The number of Topliss-reactive ketones (excluding diaryl/α,β-unsaturated/α-hetero) is 1. The summed E-state index contributed by atoms with van der Waals surface area (Å²) in [5.74, 6) is 0.0176. The highest BCUT2D eigenvalue weighted by Crippen LogP contribution is 2.15. The van der Waals surface area contributed by atoms with Crippen LogP contribution in [0.5, 0.6) is 0 Å². The molecule has 0 bridgehead atoms. The van der Waals surface area contributed by atoms with Crippen LogP contribution in [0.1, 0.15) is 22.8 Å². The van der Waals surface area contributed by atoms with E-state index in [9.17, 15) is 14.9 Å². The summed E-state index contributed by atoms with van der Waals surface area (Å²) in [4.78, 5) is 21.4. The molecule has 0 unspecified atom stereocenters. The minimum atomic E-state index is -0.423. The van der Waals surface area contributed by atoms with E-state index in [2.05, 4.69) is 5.32 Å². The smallest absolute Gasteiger partial charge is 0.269 e. The Morgan fingerprint density at radius 2 is 1.90 bits per heavy atom. The van der Waals surface area contributed by atoms with Crippen LogP contribution in [0.3, 0.4) is 0 Å². The van der Waals surface area contributed by atoms with Gasteiger partial charge in [-0.3, -0.25) is 14.9 Å². The number of carbonyl (C=O) groups is 1. The molecule has 0 radical (unpaired) electrons. The Kier molecular flexibility index (Phi) is 4.10. The number of nitro groups is 1. The van der Waals surface area contributed by atoms with Crippen LogP contribution in [0.2, 0.25) is 0 Å². The van der Waals surface area contributed by atoms with Crippen molar-refractivity contribution in [3.05, 3.63) is 69.8 Å². The van der Waals surface area contributed by atoms with Gasteiger partial charge in [0, 0.05) is 29.9 Å². The second-order valence-electron chi connectivity index (χ2n) is 4.41. The van der Waals surface area contributed by atoms with Crippen LogP contribution in [0.4, 0.5) is 11.4 Å². The topological polar surface area (TPSA) is 72.2 Å². The summed E-state index contributed by atoms with van der Waals surface area (Å²) >= 11 is 0. The zero-order valence-electron chi connectivity index (χ0n) is 11.0. The molecule has 0 aliphatic rings. The van der Waals surface area contributed by atoms with E-state index in [0.717, 1.165) is 11.3 Å². The van der Waals surface area contributed by atoms with Crippen LogP contribution in [0.15, 0.2) is 48.5 Å². The molecule has 0 aliphatic carbocycles. The van der Waals surface area contributed by atoms with Crippen molar-refractivity contribution >= 4 is 17.2 Å². The van der Waals surface area contributed by atoms with E-state index in [4.69, 9.17) is 0 Å². The standard InChI is InChI=1S/C15H14N2O3/c1-11(18)13-3-2-4-14(9-13)16-10-12-5-7-15(8-6-12)17(19)20/h2-9,16H,10H2,1H3. The molecule has 2 aromatic carbocycles. The largest absolute Gasteiger partial charge is 0.381 e. The van der Waals surface area contributed by atoms with Crippen molar-refractivity contribution in [2.24, 2.45) is 0 Å². The molecule has 0 aromatic heterocycles. The Labute approximate surface area is 116 Å². The minimum Gasteiger partial charge on any atom is -0.381 e. The van der Waals surface area contributed by atoms with Gasteiger partial charge in [-0.1, -0.05) is 24.3 Å². The Morgan fingerprint density at radius 3 is 2.50 bits per heavy atom. The monoisotopic (exact) mass is 270 g/mol. The first-order valence-electron chi connectivity index (χ1n) is 6.14. The Hall–Kier alpha value is -2.69. The molecule has 0 spiro atoms. The number of carbonyl (C=O) groups excluding carboxylic acids is 1. The fraction of sp³-hybridized carbons (Fsp3) is 0.133. The highest BCUT2D eigenvalue weighted by molar-refractivity contribution is 5.94. The van der Waals surface area contributed by atoms with Crippen LogP contribution < -0.4 is 5.32 Å². The molecule has 5 heteroatoms. The second kappa shape index (κ2) is 5.97. The number of nitrogens with one attached hydrogen (secondary N) is 1. The van der Waals surface area contributed by atoms with Crippen LogP contribution in [-0.4, -0.2) is 10.7 Å². The minimum absolute atomic E-state index is 0.0176. The van der Waals surface area contributed by atoms with Gasteiger partial charge < -0.3 is 5.32 Å². The van der Waals surface area contributed by atoms with Crippen LogP contribution in [0, 0.1) is 10.1 Å². The molecule has 1 N–H and O–H groups in total. The lowest BCUT2D eigenvalue weighted by Gasteiger charge is -2.07. The lowest BCUT2D eigenvalue weighted by molar-refractivity contribution is -0.384. The molecule has 102 valence electrons. The summed E-state index contributed by atoms with van der Waals surface area (Å²) in [6, 6.07) is 13.6. The van der Waals surface area contributed by atoms with Crippen LogP contribution >= 0.6 is 0 Å². The molecular weight excluding hydrogens is 256 g/mol. The van der Waals surface area contributed by atoms with Crippen molar-refractivity contribution in [2.45, 2.75) is 13.5 Å². The van der Waals surface area contributed by atoms with Gasteiger partial charge in [0.1, 0.15) is 0 Å². The Morgan fingerprint density at radius 1 is 1.20 bits per heavy atom. The highest BCUT2D eigenvalue weighted by atomic mass is 16.6. The first-order chi connectivity index (χ1) is 9.56. The number of hydrogen-bond acceptors (Lipinski definition) is 4. The van der Waals surface area contributed by atoms with Crippen molar-refractivity contribution in [1.82, 2.24) is 0 Å². The number of ketones is 1. The number of rotatable bonds is 5. The van der Waals surface area contributed by atoms with Crippen molar-refractivity contribution in [1.29, 1.82) is 0 Å². The predicted octanol–water partition coefficient (Wildman–Crippen LogP) is 3.41. The van der Waals surface area contributed by atoms with E-state index in [-0.39, 0.29) is 11.5 Å². The molecule has 0 saturated carbocycles. The van der Waals surface area contributed by atoms with E-state index in [1.165, 1.54) is 19.1 Å². The van der Waals surface area contributed by atoms with E-state index in [1.807, 2.05) is 12.1 Å². The molecular formula is C15H14N2O3. The van der Waals surface area contributed by atoms with E-state index in [0.29, 0.717) is 12.1 Å². The maximum atomic E-state index is 11.3. The fourth-order valence-corrected chi connectivity index (χ4v) is 1.79. The maximum Gasteiger partial charge on any atom is 0.269 e. The van der Waals surface area contributed by atoms with Crippen molar-refractivity contribution < 1.29 is 9.72 Å². The van der Waals surface area contributed by atoms with E-state index < -0.39 is 4.92 Å². The highest BCUT2D eigenvalue weighted by Gasteiger charge is 2.04. The Bertz CT molecular complexity index is 636. The third kappa shape index (κ3) is 3.41. The number of non-ortho nitro benzene ring substituents is 1. The third-order valence-electron chi connectivity index (χ3n) is 2.91. The van der Waals surface area contributed by atoms with Gasteiger partial charge in [-0.25, -0.2) is 0 Å². The predicted molar refractivity (Wildman–Crippen MR) is 76.9 cm³/mol. The SMILES string of the molecule is CC(=O)c1cccc(NCc2ccc([N+](=O)[O-])cc2)c1. The summed E-state index contributed by atoms with van der Waals surface area (Å²) in [6.07, 6.45) is 0. The molecule has 0 saturated heterocycles. The maximum absolute atomic E-state index is 11.3. The van der Waals surface area contributed by atoms with Crippen LogP contribution in [-0.2, 0) is 6.54 Å². The molecule has 0 amide bonds. The molecule has 0 fully saturated rings. The van der Waals surface area contributed by atoms with Gasteiger partial charge in [0.05, 0.1) is 4.92 Å². The van der Waals surface area contributed by atoms with E-state index >= 15 is 0 Å². The first kappa shape index (κ1) is 13.7. The van der Waals surface area contributed by atoms with Crippen molar-refractivity contribution in [3.8, 4) is 0 Å². The average Bonchev–Trinajstić information content (AvgIpc) is 2.46. The van der Waals surface area contributed by atoms with Gasteiger partial charge in [0.25, 0.3) is 5.69 Å². The number of nitro benzene ring substituents is 1. The molecule has 2 rings (SSSR count). The molecule has 0 aliphatic heterocycles. The molecule has 2 aromatic rings. The summed E-state index contributed by atoms with van der Waals surface area (Å²) in [5, 5.41) is 13.7. The van der Waals surface area contributed by atoms with Crippen LogP contribution in [0.25, 0.3) is 0 Å². The zero-order valence-corrected chi connectivity index (χ0v) is 11.0. The van der Waals surface area contributed by atoms with Crippen molar-refractivity contribution in [3.63, 3.8) is 0 Å². The van der Waals surface area contributed by atoms with Crippen molar-refractivity contribution in [2.75, 3.05) is 5.32 Å². The summed E-state index contributed by atoms with van der Waals surface area (Å²) in [7, 11) is 0. The summed E-state index contributed by atoms with van der Waals surface area (Å²) in [5.41, 5.74) is 2.51. The summed E-state index contributed by atoms with van der Waals surface area (Å²) < 4.78 is 0. The average molecular weight is 270 g/mol. The summed E-state index contributed by atoms with van der Waals surface area (Å²) in [6.45, 7) is 2.06. The zero-order chi connectivity index (χ0) is 14.5. The van der Waals surface area contributed by atoms with Gasteiger partial charge >= 0.3 is 0 Å². The van der Waals surface area contributed by atoms with Gasteiger partial charge in [-0.05, 0) is 24.6 Å². The fourth-order valence-electron chi connectivity index (χ4n) is 1.79. The Balaban J connectivity index is 2.03. The molecule has 20 heavy (non-hydrogen) atoms. The second-order valence-corrected chi connectivity index (χ2v) is 4.41. The van der Waals surface area contributed by atoms with Gasteiger partial charge in [0.2, 0.25) is 0 Å². The number of nitrogens with zero attached hydrogens (tertiary/aromatic N) is 1.